The number of rotatable bonds is 15. The second kappa shape index (κ2) is 14.1. The van der Waals surface area contributed by atoms with Crippen LogP contribution >= 0.6 is 0 Å². The van der Waals surface area contributed by atoms with Gasteiger partial charge in [0, 0.05) is 49.3 Å². The molecule has 2 aliphatic rings. The van der Waals surface area contributed by atoms with E-state index in [9.17, 15) is 23.5 Å². The Kier molecular flexibility index (Phi) is 10.7. The number of aliphatic hydroxyl groups is 1. The number of allylic oxidation sites excluding steroid dienone is 1. The van der Waals surface area contributed by atoms with E-state index in [-0.39, 0.29) is 42.1 Å². The molecule has 2 aromatic carbocycles. The van der Waals surface area contributed by atoms with Crippen LogP contribution in [0.15, 0.2) is 59.2 Å². The SMILES string of the molecule is CCCN(CCC)C(=O)C1=NC(C)=CC(C(N)=O)([C@H](Cc2cc(F)cc(F)c2)[C@@H](O)CNC2(c3cccc(CC)c3)CC2)C1. The van der Waals surface area contributed by atoms with Crippen LogP contribution < -0.4 is 11.1 Å². The van der Waals surface area contributed by atoms with Crippen molar-refractivity contribution in [1.29, 1.82) is 0 Å². The third kappa shape index (κ3) is 7.44. The highest BCUT2D eigenvalue weighted by Crippen LogP contribution is 2.47. The van der Waals surface area contributed by atoms with Gasteiger partial charge in [0.05, 0.1) is 11.5 Å². The van der Waals surface area contributed by atoms with Gasteiger partial charge < -0.3 is 21.1 Å². The molecule has 1 fully saturated rings. The molecule has 0 spiro atoms. The van der Waals surface area contributed by atoms with E-state index in [0.717, 1.165) is 43.7 Å². The predicted molar refractivity (Wildman–Crippen MR) is 169 cm³/mol. The van der Waals surface area contributed by atoms with E-state index in [1.54, 1.807) is 17.9 Å². The van der Waals surface area contributed by atoms with Crippen molar-refractivity contribution in [3.63, 3.8) is 0 Å². The zero-order valence-corrected chi connectivity index (χ0v) is 26.3. The maximum absolute atomic E-state index is 14.3. The van der Waals surface area contributed by atoms with E-state index >= 15 is 0 Å². The van der Waals surface area contributed by atoms with Crippen molar-refractivity contribution in [3.8, 4) is 0 Å². The summed E-state index contributed by atoms with van der Waals surface area (Å²) in [5.74, 6) is -3.43. The molecule has 238 valence electrons. The van der Waals surface area contributed by atoms with Crippen molar-refractivity contribution in [2.24, 2.45) is 22.1 Å². The first kappa shape index (κ1) is 33.5. The Bertz CT molecular complexity index is 1390. The van der Waals surface area contributed by atoms with E-state index in [2.05, 4.69) is 35.4 Å². The highest BCUT2D eigenvalue weighted by atomic mass is 19.1. The zero-order valence-electron chi connectivity index (χ0n) is 26.3. The fraction of sp³-hybridized carbons (Fsp3) is 0.514. The van der Waals surface area contributed by atoms with Crippen molar-refractivity contribution in [2.45, 2.75) is 84.3 Å². The molecule has 2 amide bonds. The molecule has 1 saturated carbocycles. The third-order valence-corrected chi connectivity index (χ3v) is 9.01. The summed E-state index contributed by atoms with van der Waals surface area (Å²) in [4.78, 5) is 33.5. The predicted octanol–water partition coefficient (Wildman–Crippen LogP) is 5.19. The number of hydrogen-bond acceptors (Lipinski definition) is 5. The summed E-state index contributed by atoms with van der Waals surface area (Å²) in [5, 5.41) is 15.4. The third-order valence-electron chi connectivity index (χ3n) is 9.01. The van der Waals surface area contributed by atoms with Crippen LogP contribution in [0, 0.1) is 23.0 Å². The number of primary amides is 1. The molecule has 1 heterocycles. The number of benzene rings is 2. The number of aliphatic hydroxyl groups excluding tert-OH is 1. The van der Waals surface area contributed by atoms with Gasteiger partial charge in [0.15, 0.2) is 0 Å². The molecule has 0 aromatic heterocycles. The minimum Gasteiger partial charge on any atom is -0.391 e. The molecule has 44 heavy (non-hydrogen) atoms. The quantitative estimate of drug-likeness (QED) is 0.259. The molecule has 2 aromatic rings. The van der Waals surface area contributed by atoms with Crippen LogP contribution in [0.25, 0.3) is 0 Å². The van der Waals surface area contributed by atoms with Crippen LogP contribution in [0.4, 0.5) is 8.78 Å². The number of hydrogen-bond donors (Lipinski definition) is 3. The number of nitrogens with one attached hydrogen (secondary N) is 1. The second-order valence-electron chi connectivity index (χ2n) is 12.4. The maximum atomic E-state index is 14.3. The van der Waals surface area contributed by atoms with E-state index in [0.29, 0.717) is 18.8 Å². The Morgan fingerprint density at radius 2 is 1.70 bits per heavy atom. The summed E-state index contributed by atoms with van der Waals surface area (Å²) in [7, 11) is 0. The van der Waals surface area contributed by atoms with Crippen LogP contribution in [-0.4, -0.2) is 53.3 Å². The van der Waals surface area contributed by atoms with Gasteiger partial charge in [-0.1, -0.05) is 45.0 Å². The monoisotopic (exact) mass is 608 g/mol. The van der Waals surface area contributed by atoms with Crippen molar-refractivity contribution in [1.82, 2.24) is 10.2 Å². The summed E-state index contributed by atoms with van der Waals surface area (Å²) in [6.07, 6.45) is 4.52. The standard InChI is InChI=1S/C35H46F2N4O3/c1-5-13-41(14-6-2)32(43)30-21-34(33(38)44,20-23(4)40-30)29(18-25-16-27(36)19-28(37)17-25)31(42)22-39-35(11-12-35)26-10-8-9-24(7-3)15-26/h8-10,15-17,19-20,29,31,39,42H,5-7,11-14,18,21-22H2,1-4H3,(H2,38,44)/t29-,31+,34?/m1/s1. The molecule has 3 atom stereocenters. The number of aryl methyl sites for hydroxylation is 1. The van der Waals surface area contributed by atoms with Crippen LogP contribution in [-0.2, 0) is 28.0 Å². The van der Waals surface area contributed by atoms with Gasteiger partial charge >= 0.3 is 0 Å². The van der Waals surface area contributed by atoms with Crippen LogP contribution in [0.1, 0.15) is 76.5 Å². The molecule has 1 aliphatic carbocycles. The van der Waals surface area contributed by atoms with Gasteiger partial charge in [-0.2, -0.15) is 0 Å². The molecule has 1 unspecified atom stereocenters. The Balaban J connectivity index is 1.70. The van der Waals surface area contributed by atoms with Crippen LogP contribution in [0.3, 0.4) is 0 Å². The Morgan fingerprint density at radius 3 is 2.27 bits per heavy atom. The van der Waals surface area contributed by atoms with Gasteiger partial charge in [-0.3, -0.25) is 14.6 Å². The van der Waals surface area contributed by atoms with Crippen LogP contribution in [0.2, 0.25) is 0 Å². The fourth-order valence-electron chi connectivity index (χ4n) is 6.59. The van der Waals surface area contributed by atoms with Crippen molar-refractivity contribution < 1.29 is 23.5 Å². The first-order valence-electron chi connectivity index (χ1n) is 15.8. The summed E-state index contributed by atoms with van der Waals surface area (Å²) in [5.41, 5.74) is 7.57. The number of amides is 2. The number of carbonyl (C=O) groups is 2. The molecular formula is C35H46F2N4O3. The lowest BCUT2D eigenvalue weighted by Gasteiger charge is -2.41. The number of nitrogens with two attached hydrogens (primary N) is 1. The average molecular weight is 609 g/mol. The van der Waals surface area contributed by atoms with Gasteiger partial charge in [0.1, 0.15) is 17.3 Å². The molecule has 4 rings (SSSR count). The first-order chi connectivity index (χ1) is 21.0. The smallest absolute Gasteiger partial charge is 0.268 e. The highest BCUT2D eigenvalue weighted by Gasteiger charge is 2.51. The van der Waals surface area contributed by atoms with Gasteiger partial charge in [-0.25, -0.2) is 8.78 Å². The van der Waals surface area contributed by atoms with Crippen LogP contribution in [0.5, 0.6) is 0 Å². The summed E-state index contributed by atoms with van der Waals surface area (Å²) < 4.78 is 28.6. The normalized spacial score (nSPS) is 20.3. The van der Waals surface area contributed by atoms with Gasteiger partial charge in [0.2, 0.25) is 5.91 Å². The number of aliphatic imine (C=N–C) groups is 1. The minimum absolute atomic E-state index is 0.0440. The van der Waals surface area contributed by atoms with Crippen molar-refractivity contribution >= 4 is 17.5 Å². The Hall–Kier alpha value is -3.43. The number of halogens is 2. The lowest BCUT2D eigenvalue weighted by Crippen LogP contribution is -2.54. The molecular weight excluding hydrogens is 562 g/mol. The lowest BCUT2D eigenvalue weighted by atomic mass is 9.65. The first-order valence-corrected chi connectivity index (χ1v) is 15.8. The lowest BCUT2D eigenvalue weighted by molar-refractivity contribution is -0.130. The minimum atomic E-state index is -1.52. The second-order valence-corrected chi connectivity index (χ2v) is 12.4. The summed E-state index contributed by atoms with van der Waals surface area (Å²) >= 11 is 0. The van der Waals surface area contributed by atoms with E-state index in [1.807, 2.05) is 19.9 Å². The van der Waals surface area contributed by atoms with E-state index in [1.165, 1.54) is 17.7 Å². The summed E-state index contributed by atoms with van der Waals surface area (Å²) in [6, 6.07) is 11.5. The summed E-state index contributed by atoms with van der Waals surface area (Å²) in [6.45, 7) is 8.96. The molecule has 0 saturated heterocycles. The zero-order chi connectivity index (χ0) is 32.1. The number of nitrogens with zero attached hydrogens (tertiary/aromatic N) is 2. The fourth-order valence-corrected chi connectivity index (χ4v) is 6.59. The van der Waals surface area contributed by atoms with Gasteiger partial charge in [-0.05, 0) is 80.3 Å². The number of carbonyl (C=O) groups excluding carboxylic acids is 2. The highest BCUT2D eigenvalue weighted by molar-refractivity contribution is 6.39. The average Bonchev–Trinajstić information content (AvgIpc) is 3.78. The van der Waals surface area contributed by atoms with Gasteiger partial charge in [0.25, 0.3) is 5.91 Å². The van der Waals surface area contributed by atoms with Crippen molar-refractivity contribution in [2.75, 3.05) is 19.6 Å². The molecule has 9 heteroatoms. The van der Waals surface area contributed by atoms with E-state index < -0.39 is 35.0 Å². The largest absolute Gasteiger partial charge is 0.391 e. The Labute approximate surface area is 259 Å². The molecule has 4 N–H and O–H groups in total. The van der Waals surface area contributed by atoms with Gasteiger partial charge in [-0.15, -0.1) is 0 Å². The maximum Gasteiger partial charge on any atom is 0.268 e. The molecule has 0 bridgehead atoms. The topological polar surface area (TPSA) is 108 Å². The van der Waals surface area contributed by atoms with Crippen molar-refractivity contribution in [3.05, 3.63) is 82.6 Å². The molecule has 7 nitrogen and oxygen atoms in total. The van der Waals surface area contributed by atoms with E-state index in [4.69, 9.17) is 5.73 Å². The molecule has 1 aliphatic heterocycles. The molecule has 0 radical (unpaired) electrons. The Morgan fingerprint density at radius 1 is 1.05 bits per heavy atom.